The Balaban J connectivity index is 1.72. The van der Waals surface area contributed by atoms with Crippen LogP contribution in [0.25, 0.3) is 11.3 Å². The van der Waals surface area contributed by atoms with E-state index in [9.17, 15) is 9.18 Å². The van der Waals surface area contributed by atoms with Gasteiger partial charge < -0.3 is 19.5 Å². The standard InChI is InChI=1S/C20H19FN2O4S/c1-25-16-8-12(9-17(26-2)19(16)27-3)10-18(24)23-20-22-15(11-28-20)13-4-6-14(21)7-5-13/h4-9,11H,10H2,1-3H3,(H,22,23,24). The average molecular weight is 402 g/mol. The minimum Gasteiger partial charge on any atom is -0.493 e. The zero-order valence-electron chi connectivity index (χ0n) is 15.6. The van der Waals surface area contributed by atoms with Gasteiger partial charge in [0.1, 0.15) is 5.82 Å². The van der Waals surface area contributed by atoms with Gasteiger partial charge in [-0.3, -0.25) is 4.79 Å². The predicted octanol–water partition coefficient (Wildman–Crippen LogP) is 4.16. The topological polar surface area (TPSA) is 69.7 Å². The number of methoxy groups -OCH3 is 3. The van der Waals surface area contributed by atoms with Crippen LogP contribution in [0.5, 0.6) is 17.2 Å². The molecule has 0 spiro atoms. The molecule has 146 valence electrons. The van der Waals surface area contributed by atoms with Crippen molar-refractivity contribution in [1.82, 2.24) is 4.98 Å². The SMILES string of the molecule is COc1cc(CC(=O)Nc2nc(-c3ccc(F)cc3)cs2)cc(OC)c1OC. The predicted molar refractivity (Wildman–Crippen MR) is 106 cm³/mol. The van der Waals surface area contributed by atoms with E-state index >= 15 is 0 Å². The molecule has 28 heavy (non-hydrogen) atoms. The quantitative estimate of drug-likeness (QED) is 0.643. The highest BCUT2D eigenvalue weighted by atomic mass is 32.1. The van der Waals surface area contributed by atoms with Gasteiger partial charge in [-0.1, -0.05) is 0 Å². The van der Waals surface area contributed by atoms with E-state index in [1.54, 1.807) is 24.3 Å². The van der Waals surface area contributed by atoms with Gasteiger partial charge in [-0.2, -0.15) is 0 Å². The number of hydrogen-bond donors (Lipinski definition) is 1. The molecule has 0 bridgehead atoms. The molecule has 1 amide bonds. The third-order valence-corrected chi connectivity index (χ3v) is 4.74. The van der Waals surface area contributed by atoms with Crippen molar-refractivity contribution in [2.24, 2.45) is 0 Å². The van der Waals surface area contributed by atoms with Crippen molar-refractivity contribution in [3.8, 4) is 28.5 Å². The summed E-state index contributed by atoms with van der Waals surface area (Å²) in [4.78, 5) is 16.8. The summed E-state index contributed by atoms with van der Waals surface area (Å²) in [5, 5.41) is 5.05. The van der Waals surface area contributed by atoms with Crippen LogP contribution in [0.4, 0.5) is 9.52 Å². The monoisotopic (exact) mass is 402 g/mol. The molecule has 0 saturated heterocycles. The van der Waals surface area contributed by atoms with Gasteiger partial charge in [-0.05, 0) is 42.0 Å². The third kappa shape index (κ3) is 4.40. The van der Waals surface area contributed by atoms with Crippen LogP contribution in [-0.4, -0.2) is 32.2 Å². The number of amides is 1. The van der Waals surface area contributed by atoms with Crippen molar-refractivity contribution in [1.29, 1.82) is 0 Å². The van der Waals surface area contributed by atoms with Gasteiger partial charge in [0, 0.05) is 10.9 Å². The van der Waals surface area contributed by atoms with Crippen molar-refractivity contribution >= 4 is 22.4 Å². The molecular weight excluding hydrogens is 383 g/mol. The van der Waals surface area contributed by atoms with Gasteiger partial charge in [0.15, 0.2) is 16.6 Å². The van der Waals surface area contributed by atoms with E-state index in [4.69, 9.17) is 14.2 Å². The van der Waals surface area contributed by atoms with E-state index < -0.39 is 0 Å². The van der Waals surface area contributed by atoms with E-state index in [-0.39, 0.29) is 18.1 Å². The van der Waals surface area contributed by atoms with E-state index in [1.165, 1.54) is 44.8 Å². The fourth-order valence-corrected chi connectivity index (χ4v) is 3.41. The number of ether oxygens (including phenoxy) is 3. The lowest BCUT2D eigenvalue weighted by Gasteiger charge is -2.13. The molecule has 2 aromatic carbocycles. The molecule has 0 aliphatic heterocycles. The molecule has 0 unspecified atom stereocenters. The molecule has 1 heterocycles. The molecule has 8 heteroatoms. The van der Waals surface area contributed by atoms with Gasteiger partial charge in [0.05, 0.1) is 33.4 Å². The van der Waals surface area contributed by atoms with Crippen LogP contribution in [0.15, 0.2) is 41.8 Å². The first kappa shape index (κ1) is 19.6. The summed E-state index contributed by atoms with van der Waals surface area (Å²) in [5.74, 6) is 0.903. The first-order valence-corrected chi connectivity index (χ1v) is 9.22. The molecule has 0 saturated carbocycles. The number of aromatic nitrogens is 1. The van der Waals surface area contributed by atoms with Crippen molar-refractivity contribution < 1.29 is 23.4 Å². The van der Waals surface area contributed by atoms with Gasteiger partial charge in [0.2, 0.25) is 11.7 Å². The maximum absolute atomic E-state index is 13.0. The molecule has 3 rings (SSSR count). The summed E-state index contributed by atoms with van der Waals surface area (Å²) in [6.07, 6.45) is 0.113. The Morgan fingerprint density at radius 1 is 1.07 bits per heavy atom. The van der Waals surface area contributed by atoms with Gasteiger partial charge >= 0.3 is 0 Å². The normalized spacial score (nSPS) is 10.4. The number of carbonyl (C=O) groups excluding carboxylic acids is 1. The first-order valence-electron chi connectivity index (χ1n) is 8.34. The van der Waals surface area contributed by atoms with Crippen LogP contribution in [0.3, 0.4) is 0 Å². The summed E-state index contributed by atoms with van der Waals surface area (Å²) in [7, 11) is 4.56. The Labute approximate surface area is 165 Å². The smallest absolute Gasteiger partial charge is 0.230 e. The maximum Gasteiger partial charge on any atom is 0.230 e. The summed E-state index contributed by atoms with van der Waals surface area (Å²) in [6, 6.07) is 9.49. The number of anilines is 1. The Hall–Kier alpha value is -3.13. The van der Waals surface area contributed by atoms with E-state index in [0.29, 0.717) is 33.6 Å². The lowest BCUT2D eigenvalue weighted by Crippen LogP contribution is -2.14. The molecule has 0 radical (unpaired) electrons. The first-order chi connectivity index (χ1) is 13.5. The summed E-state index contributed by atoms with van der Waals surface area (Å²) >= 11 is 1.30. The number of thiazole rings is 1. The number of rotatable bonds is 7. The molecule has 0 fully saturated rings. The second kappa shape index (κ2) is 8.71. The van der Waals surface area contributed by atoms with Crippen LogP contribution < -0.4 is 19.5 Å². The van der Waals surface area contributed by atoms with Crippen LogP contribution in [0, 0.1) is 5.82 Å². The Bertz CT molecular complexity index is 948. The lowest BCUT2D eigenvalue weighted by molar-refractivity contribution is -0.115. The van der Waals surface area contributed by atoms with Gasteiger partial charge in [-0.25, -0.2) is 9.37 Å². The molecular formula is C20H19FN2O4S. The summed E-state index contributed by atoms with van der Waals surface area (Å²) < 4.78 is 28.9. The van der Waals surface area contributed by atoms with E-state index in [2.05, 4.69) is 10.3 Å². The largest absolute Gasteiger partial charge is 0.493 e. The zero-order valence-corrected chi connectivity index (χ0v) is 16.4. The second-order valence-electron chi connectivity index (χ2n) is 5.80. The van der Waals surface area contributed by atoms with Gasteiger partial charge in [0.25, 0.3) is 0 Å². The van der Waals surface area contributed by atoms with Crippen molar-refractivity contribution in [2.45, 2.75) is 6.42 Å². The Kier molecular flexibility index (Phi) is 6.10. The highest BCUT2D eigenvalue weighted by Crippen LogP contribution is 2.38. The Morgan fingerprint density at radius 3 is 2.29 bits per heavy atom. The summed E-state index contributed by atoms with van der Waals surface area (Å²) in [6.45, 7) is 0. The number of carbonyl (C=O) groups is 1. The Morgan fingerprint density at radius 2 is 1.71 bits per heavy atom. The number of nitrogens with zero attached hydrogens (tertiary/aromatic N) is 1. The van der Waals surface area contributed by atoms with E-state index in [1.807, 2.05) is 5.38 Å². The van der Waals surface area contributed by atoms with Crippen LogP contribution >= 0.6 is 11.3 Å². The highest BCUT2D eigenvalue weighted by Gasteiger charge is 2.15. The number of halogens is 1. The molecule has 1 N–H and O–H groups in total. The van der Waals surface area contributed by atoms with Crippen LogP contribution in [0.2, 0.25) is 0 Å². The van der Waals surface area contributed by atoms with Crippen molar-refractivity contribution in [3.63, 3.8) is 0 Å². The molecule has 0 aliphatic carbocycles. The maximum atomic E-state index is 13.0. The molecule has 0 atom stereocenters. The molecule has 0 aliphatic rings. The zero-order chi connectivity index (χ0) is 20.1. The fourth-order valence-electron chi connectivity index (χ4n) is 2.67. The number of nitrogens with one attached hydrogen (secondary N) is 1. The third-order valence-electron chi connectivity index (χ3n) is 3.98. The van der Waals surface area contributed by atoms with Crippen molar-refractivity contribution in [3.05, 3.63) is 53.2 Å². The minimum atomic E-state index is -0.308. The second-order valence-corrected chi connectivity index (χ2v) is 6.66. The molecule has 1 aromatic heterocycles. The van der Waals surface area contributed by atoms with Crippen molar-refractivity contribution in [2.75, 3.05) is 26.6 Å². The number of benzene rings is 2. The van der Waals surface area contributed by atoms with Crippen LogP contribution in [0.1, 0.15) is 5.56 Å². The lowest BCUT2D eigenvalue weighted by atomic mass is 10.1. The molecule has 6 nitrogen and oxygen atoms in total. The fraction of sp³-hybridized carbons (Fsp3) is 0.200. The van der Waals surface area contributed by atoms with Gasteiger partial charge in [-0.15, -0.1) is 11.3 Å². The minimum absolute atomic E-state index is 0.113. The van der Waals surface area contributed by atoms with Crippen LogP contribution in [-0.2, 0) is 11.2 Å². The average Bonchev–Trinajstić information content (AvgIpc) is 3.15. The highest BCUT2D eigenvalue weighted by molar-refractivity contribution is 7.14. The number of hydrogen-bond acceptors (Lipinski definition) is 6. The summed E-state index contributed by atoms with van der Waals surface area (Å²) in [5.41, 5.74) is 2.16. The molecule has 3 aromatic rings. The van der Waals surface area contributed by atoms with E-state index in [0.717, 1.165) is 5.56 Å².